The number of amides is 1. The summed E-state index contributed by atoms with van der Waals surface area (Å²) in [5, 5.41) is 2.86. The van der Waals surface area contributed by atoms with Crippen LogP contribution in [0.15, 0.2) is 34.7 Å². The third kappa shape index (κ3) is 4.96. The van der Waals surface area contributed by atoms with Gasteiger partial charge in [-0.3, -0.25) is 9.59 Å². The van der Waals surface area contributed by atoms with Gasteiger partial charge in [-0.25, -0.2) is 4.79 Å². The highest BCUT2D eigenvalue weighted by Gasteiger charge is 2.18. The third-order valence-electron chi connectivity index (χ3n) is 4.10. The lowest BCUT2D eigenvalue weighted by Crippen LogP contribution is -2.34. The lowest BCUT2D eigenvalue weighted by molar-refractivity contribution is -0.124. The molecule has 1 aromatic carbocycles. The number of carbonyl (C=O) groups excluding carboxylic acids is 3. The molecule has 1 atom stereocenters. The van der Waals surface area contributed by atoms with Crippen LogP contribution in [-0.4, -0.2) is 44.0 Å². The molecule has 1 fully saturated rings. The van der Waals surface area contributed by atoms with Gasteiger partial charge in [-0.15, -0.1) is 0 Å². The van der Waals surface area contributed by atoms with Crippen LogP contribution in [0.1, 0.15) is 33.8 Å². The Kier molecular flexibility index (Phi) is 6.26. The Morgan fingerprint density at radius 1 is 1.30 bits per heavy atom. The van der Waals surface area contributed by atoms with Crippen molar-refractivity contribution in [2.45, 2.75) is 18.9 Å². The fourth-order valence-electron chi connectivity index (χ4n) is 2.70. The van der Waals surface area contributed by atoms with Gasteiger partial charge in [0.1, 0.15) is 5.76 Å². The van der Waals surface area contributed by atoms with Crippen molar-refractivity contribution in [3.8, 4) is 11.3 Å². The topological polar surface area (TPSA) is 94.8 Å². The Hall–Kier alpha value is -2.64. The van der Waals surface area contributed by atoms with Crippen molar-refractivity contribution in [3.05, 3.63) is 46.7 Å². The van der Waals surface area contributed by atoms with Gasteiger partial charge in [0, 0.05) is 18.7 Å². The monoisotopic (exact) mass is 391 g/mol. The number of halogens is 1. The first-order chi connectivity index (χ1) is 13.1. The van der Waals surface area contributed by atoms with Crippen LogP contribution in [-0.2, 0) is 14.3 Å². The van der Waals surface area contributed by atoms with Crippen molar-refractivity contribution in [2.24, 2.45) is 0 Å². The van der Waals surface area contributed by atoms with Gasteiger partial charge in [-0.05, 0) is 43.2 Å². The summed E-state index contributed by atoms with van der Waals surface area (Å²) in [6, 6.07) is 7.80. The quantitative estimate of drug-likeness (QED) is 0.576. The molecule has 0 saturated carbocycles. The van der Waals surface area contributed by atoms with Gasteiger partial charge in [0.25, 0.3) is 5.91 Å². The molecule has 0 bridgehead atoms. The van der Waals surface area contributed by atoms with E-state index >= 15 is 0 Å². The van der Waals surface area contributed by atoms with Crippen LogP contribution in [0.4, 0.5) is 0 Å². The number of esters is 1. The van der Waals surface area contributed by atoms with E-state index in [4.69, 9.17) is 25.5 Å². The summed E-state index contributed by atoms with van der Waals surface area (Å²) in [6.45, 7) is 0.681. The van der Waals surface area contributed by atoms with E-state index in [0.717, 1.165) is 12.8 Å². The van der Waals surface area contributed by atoms with Crippen LogP contribution >= 0.6 is 11.6 Å². The molecule has 1 aromatic heterocycles. The van der Waals surface area contributed by atoms with E-state index in [1.165, 1.54) is 18.2 Å². The maximum absolute atomic E-state index is 12.3. The zero-order valence-corrected chi connectivity index (χ0v) is 15.2. The zero-order chi connectivity index (χ0) is 19.2. The first-order valence-electron chi connectivity index (χ1n) is 8.47. The van der Waals surface area contributed by atoms with E-state index in [9.17, 15) is 14.4 Å². The lowest BCUT2D eigenvalue weighted by atomic mass is 10.1. The molecule has 2 heterocycles. The van der Waals surface area contributed by atoms with Crippen LogP contribution in [0.5, 0.6) is 0 Å². The molecule has 1 aliphatic heterocycles. The molecule has 7 nitrogen and oxygen atoms in total. The lowest BCUT2D eigenvalue weighted by Gasteiger charge is -2.11. The number of aldehydes is 1. The molecule has 1 N–H and O–H groups in total. The second-order valence-electron chi connectivity index (χ2n) is 6.03. The first-order valence-corrected chi connectivity index (χ1v) is 8.85. The van der Waals surface area contributed by atoms with Crippen LogP contribution in [0.2, 0.25) is 5.02 Å². The Labute approximate surface area is 160 Å². The molecule has 142 valence electrons. The highest BCUT2D eigenvalue weighted by molar-refractivity contribution is 6.33. The standard InChI is InChI=1S/C19H18ClNO6/c20-16-5-3-12(17-6-4-14(10-22)27-17)8-15(16)19(24)26-11-18(23)21-9-13-2-1-7-25-13/h3-6,8,10,13H,1-2,7,9,11H2,(H,21,23)/t13-/m0/s1. The van der Waals surface area contributed by atoms with Gasteiger partial charge in [0.05, 0.1) is 16.7 Å². The average molecular weight is 392 g/mol. The first kappa shape index (κ1) is 19.1. The fourth-order valence-corrected chi connectivity index (χ4v) is 2.89. The second kappa shape index (κ2) is 8.83. The number of benzene rings is 1. The largest absolute Gasteiger partial charge is 0.453 e. The number of furan rings is 1. The van der Waals surface area contributed by atoms with E-state index < -0.39 is 18.5 Å². The molecule has 0 aliphatic carbocycles. The predicted octanol–water partition coefficient (Wildman–Crippen LogP) is 2.86. The summed E-state index contributed by atoms with van der Waals surface area (Å²) in [7, 11) is 0. The minimum Gasteiger partial charge on any atom is -0.453 e. The zero-order valence-electron chi connectivity index (χ0n) is 14.4. The van der Waals surface area contributed by atoms with Gasteiger partial charge in [-0.2, -0.15) is 0 Å². The molecule has 1 amide bonds. The summed E-state index contributed by atoms with van der Waals surface area (Å²) in [4.78, 5) is 34.8. The predicted molar refractivity (Wildman–Crippen MR) is 96.8 cm³/mol. The van der Waals surface area contributed by atoms with E-state index in [0.29, 0.717) is 30.8 Å². The van der Waals surface area contributed by atoms with Crippen molar-refractivity contribution in [1.29, 1.82) is 0 Å². The summed E-state index contributed by atoms with van der Waals surface area (Å²) in [5.74, 6) is -0.548. The van der Waals surface area contributed by atoms with Gasteiger partial charge >= 0.3 is 5.97 Å². The molecule has 0 spiro atoms. The molecular formula is C19H18ClNO6. The molecule has 0 radical (unpaired) electrons. The van der Waals surface area contributed by atoms with Gasteiger partial charge in [-0.1, -0.05) is 11.6 Å². The van der Waals surface area contributed by atoms with Gasteiger partial charge < -0.3 is 19.2 Å². The Bertz CT molecular complexity index is 840. The number of carbonyl (C=O) groups is 3. The van der Waals surface area contributed by atoms with Crippen molar-refractivity contribution < 1.29 is 28.3 Å². The highest BCUT2D eigenvalue weighted by Crippen LogP contribution is 2.27. The number of hydrogen-bond acceptors (Lipinski definition) is 6. The summed E-state index contributed by atoms with van der Waals surface area (Å²) in [5.41, 5.74) is 0.660. The van der Waals surface area contributed by atoms with Gasteiger partial charge in [0.2, 0.25) is 0 Å². The molecule has 8 heteroatoms. The third-order valence-corrected chi connectivity index (χ3v) is 4.43. The molecule has 2 aromatic rings. The number of ether oxygens (including phenoxy) is 2. The number of nitrogens with one attached hydrogen (secondary N) is 1. The Balaban J connectivity index is 1.59. The number of hydrogen-bond donors (Lipinski definition) is 1. The minimum atomic E-state index is -0.726. The van der Waals surface area contributed by atoms with Crippen LogP contribution in [0.3, 0.4) is 0 Å². The molecule has 1 aliphatic rings. The van der Waals surface area contributed by atoms with E-state index in [1.54, 1.807) is 12.1 Å². The summed E-state index contributed by atoms with van der Waals surface area (Å²) in [6.07, 6.45) is 2.49. The molecule has 1 saturated heterocycles. The summed E-state index contributed by atoms with van der Waals surface area (Å²) >= 11 is 6.07. The van der Waals surface area contributed by atoms with Crippen LogP contribution < -0.4 is 5.32 Å². The van der Waals surface area contributed by atoms with E-state index in [2.05, 4.69) is 5.32 Å². The van der Waals surface area contributed by atoms with Crippen LogP contribution in [0.25, 0.3) is 11.3 Å². The maximum atomic E-state index is 12.3. The molecule has 3 rings (SSSR count). The molecular weight excluding hydrogens is 374 g/mol. The SMILES string of the molecule is O=Cc1ccc(-c2ccc(Cl)c(C(=O)OCC(=O)NC[C@@H]3CCCO3)c2)o1. The van der Waals surface area contributed by atoms with E-state index in [-0.39, 0.29) is 22.5 Å². The van der Waals surface area contributed by atoms with Crippen molar-refractivity contribution in [3.63, 3.8) is 0 Å². The average Bonchev–Trinajstić information content (AvgIpc) is 3.36. The van der Waals surface area contributed by atoms with Crippen LogP contribution in [0, 0.1) is 0 Å². The molecule has 0 unspecified atom stereocenters. The minimum absolute atomic E-state index is 0.0142. The van der Waals surface area contributed by atoms with E-state index in [1.807, 2.05) is 0 Å². The van der Waals surface area contributed by atoms with Crippen molar-refractivity contribution in [1.82, 2.24) is 5.32 Å². The van der Waals surface area contributed by atoms with Crippen molar-refractivity contribution >= 4 is 29.8 Å². The second-order valence-corrected chi connectivity index (χ2v) is 6.44. The molecule has 27 heavy (non-hydrogen) atoms. The Morgan fingerprint density at radius 2 is 2.15 bits per heavy atom. The number of rotatable bonds is 7. The fraction of sp³-hybridized carbons (Fsp3) is 0.316. The summed E-state index contributed by atoms with van der Waals surface area (Å²) < 4.78 is 15.8. The smallest absolute Gasteiger partial charge is 0.340 e. The maximum Gasteiger partial charge on any atom is 0.340 e. The highest BCUT2D eigenvalue weighted by atomic mass is 35.5. The van der Waals surface area contributed by atoms with Gasteiger partial charge in [0.15, 0.2) is 18.7 Å². The normalized spacial score (nSPS) is 16.1. The Morgan fingerprint density at radius 3 is 2.85 bits per heavy atom. The van der Waals surface area contributed by atoms with Crippen molar-refractivity contribution in [2.75, 3.05) is 19.8 Å².